The lowest BCUT2D eigenvalue weighted by molar-refractivity contribution is 0.273. The minimum Gasteiger partial charge on any atom is -0.356 e. The highest BCUT2D eigenvalue weighted by atomic mass is 127. The van der Waals surface area contributed by atoms with Crippen LogP contribution in [0.1, 0.15) is 29.7 Å². The average molecular weight is 408 g/mol. The van der Waals surface area contributed by atoms with Gasteiger partial charge in [0.15, 0.2) is 5.96 Å². The lowest BCUT2D eigenvalue weighted by atomic mass is 10.00. The number of hydrogen-bond acceptors (Lipinski definition) is 3. The summed E-state index contributed by atoms with van der Waals surface area (Å²) in [5.74, 6) is 1.90. The molecule has 0 aromatic carbocycles. The largest absolute Gasteiger partial charge is 0.356 e. The molecule has 0 unspecified atom stereocenters. The smallest absolute Gasteiger partial charge is 0.193 e. The van der Waals surface area contributed by atoms with Crippen LogP contribution < -0.4 is 5.32 Å². The number of hydrogen-bond donors (Lipinski definition) is 1. The summed E-state index contributed by atoms with van der Waals surface area (Å²) < 4.78 is 0. The van der Waals surface area contributed by atoms with Crippen molar-refractivity contribution in [1.82, 2.24) is 15.2 Å². The zero-order valence-electron chi connectivity index (χ0n) is 12.6. The van der Waals surface area contributed by atoms with Crippen LogP contribution in [-0.2, 0) is 6.42 Å². The highest BCUT2D eigenvalue weighted by molar-refractivity contribution is 14.0. The number of aromatic nitrogens is 1. The van der Waals surface area contributed by atoms with Crippen molar-refractivity contribution < 1.29 is 0 Å². The van der Waals surface area contributed by atoms with Crippen molar-refractivity contribution in [3.63, 3.8) is 0 Å². The number of nitrogens with one attached hydrogen (secondary N) is 1. The summed E-state index contributed by atoms with van der Waals surface area (Å²) in [5.41, 5.74) is 0. The standard InChI is InChI=1S/C14H24N4S.HI/c1-11-5-8-18(9-6-11)14(15-3)16-7-4-13-17-10-12(2)19-13;/h10-11H,4-9H2,1-3H3,(H,15,16);1H. The van der Waals surface area contributed by atoms with Gasteiger partial charge in [0, 0.05) is 44.2 Å². The summed E-state index contributed by atoms with van der Waals surface area (Å²) >= 11 is 1.78. The van der Waals surface area contributed by atoms with Crippen molar-refractivity contribution in [3.05, 3.63) is 16.1 Å². The summed E-state index contributed by atoms with van der Waals surface area (Å²) in [6, 6.07) is 0. The molecule has 0 saturated carbocycles. The van der Waals surface area contributed by atoms with Crippen LogP contribution in [0.15, 0.2) is 11.2 Å². The van der Waals surface area contributed by atoms with Crippen LogP contribution in [0, 0.1) is 12.8 Å². The third-order valence-electron chi connectivity index (χ3n) is 3.59. The van der Waals surface area contributed by atoms with E-state index < -0.39 is 0 Å². The van der Waals surface area contributed by atoms with Crippen LogP contribution in [0.2, 0.25) is 0 Å². The van der Waals surface area contributed by atoms with Crippen molar-refractivity contribution in [2.24, 2.45) is 10.9 Å². The lowest BCUT2D eigenvalue weighted by Gasteiger charge is -2.32. The first kappa shape index (κ1) is 17.7. The van der Waals surface area contributed by atoms with E-state index in [2.05, 4.69) is 34.0 Å². The minimum absolute atomic E-state index is 0. The zero-order chi connectivity index (χ0) is 13.7. The van der Waals surface area contributed by atoms with Gasteiger partial charge < -0.3 is 10.2 Å². The summed E-state index contributed by atoms with van der Waals surface area (Å²) in [5, 5.41) is 4.66. The molecule has 0 atom stereocenters. The Labute approximate surface area is 143 Å². The maximum absolute atomic E-state index is 4.39. The predicted molar refractivity (Wildman–Crippen MR) is 97.3 cm³/mol. The molecule has 114 valence electrons. The maximum Gasteiger partial charge on any atom is 0.193 e. The number of halogens is 1. The Kier molecular flexibility index (Phi) is 7.79. The first-order valence-corrected chi connectivity index (χ1v) is 7.87. The van der Waals surface area contributed by atoms with Crippen molar-refractivity contribution in [3.8, 4) is 0 Å². The zero-order valence-corrected chi connectivity index (χ0v) is 15.7. The van der Waals surface area contributed by atoms with E-state index in [1.165, 1.54) is 22.7 Å². The van der Waals surface area contributed by atoms with Crippen LogP contribution in [0.5, 0.6) is 0 Å². The second kappa shape index (κ2) is 8.81. The van der Waals surface area contributed by atoms with E-state index in [0.29, 0.717) is 0 Å². The molecule has 0 amide bonds. The molecule has 1 aromatic heterocycles. The minimum atomic E-state index is 0. The predicted octanol–water partition coefficient (Wildman–Crippen LogP) is 2.92. The van der Waals surface area contributed by atoms with Gasteiger partial charge >= 0.3 is 0 Å². The van der Waals surface area contributed by atoms with Crippen molar-refractivity contribution in [2.75, 3.05) is 26.7 Å². The van der Waals surface area contributed by atoms with Crippen LogP contribution in [0.4, 0.5) is 0 Å². The fourth-order valence-corrected chi connectivity index (χ4v) is 3.14. The van der Waals surface area contributed by atoms with E-state index in [9.17, 15) is 0 Å². The van der Waals surface area contributed by atoms with E-state index in [4.69, 9.17) is 0 Å². The Bertz CT molecular complexity index is 425. The van der Waals surface area contributed by atoms with Crippen molar-refractivity contribution in [1.29, 1.82) is 0 Å². The fourth-order valence-electron chi connectivity index (χ4n) is 2.35. The molecule has 1 fully saturated rings. The monoisotopic (exact) mass is 408 g/mol. The number of aryl methyl sites for hydroxylation is 1. The van der Waals surface area contributed by atoms with Gasteiger partial charge in [-0.3, -0.25) is 4.99 Å². The summed E-state index contributed by atoms with van der Waals surface area (Å²) in [7, 11) is 1.87. The van der Waals surface area contributed by atoms with E-state index in [1.54, 1.807) is 11.3 Å². The lowest BCUT2D eigenvalue weighted by Crippen LogP contribution is -2.45. The molecule has 6 heteroatoms. The Morgan fingerprint density at radius 1 is 1.50 bits per heavy atom. The molecule has 2 heterocycles. The fraction of sp³-hybridized carbons (Fsp3) is 0.714. The third-order valence-corrected chi connectivity index (χ3v) is 4.56. The molecule has 1 aliphatic heterocycles. The molecular weight excluding hydrogens is 383 g/mol. The van der Waals surface area contributed by atoms with Crippen LogP contribution >= 0.6 is 35.3 Å². The summed E-state index contributed by atoms with van der Waals surface area (Å²) in [6.45, 7) is 7.58. The van der Waals surface area contributed by atoms with E-state index in [-0.39, 0.29) is 24.0 Å². The van der Waals surface area contributed by atoms with Crippen LogP contribution in [-0.4, -0.2) is 42.5 Å². The van der Waals surface area contributed by atoms with Gasteiger partial charge in [-0.05, 0) is 25.7 Å². The molecular formula is C14H25IN4S. The second-order valence-electron chi connectivity index (χ2n) is 5.26. The quantitative estimate of drug-likeness (QED) is 0.475. The average Bonchev–Trinajstić information content (AvgIpc) is 2.82. The normalized spacial score (nSPS) is 16.9. The first-order valence-electron chi connectivity index (χ1n) is 7.06. The molecule has 4 nitrogen and oxygen atoms in total. The third kappa shape index (κ3) is 5.20. The Hall–Kier alpha value is -0.370. The number of thiazole rings is 1. The number of guanidine groups is 1. The molecule has 2 rings (SSSR count). The van der Waals surface area contributed by atoms with Gasteiger partial charge in [0.2, 0.25) is 0 Å². The maximum atomic E-state index is 4.39. The topological polar surface area (TPSA) is 40.5 Å². The van der Waals surface area contributed by atoms with Crippen molar-refractivity contribution >= 4 is 41.3 Å². The van der Waals surface area contributed by atoms with E-state index >= 15 is 0 Å². The van der Waals surface area contributed by atoms with Gasteiger partial charge in [-0.2, -0.15) is 0 Å². The van der Waals surface area contributed by atoms with E-state index in [0.717, 1.165) is 37.9 Å². The molecule has 20 heavy (non-hydrogen) atoms. The van der Waals surface area contributed by atoms with Crippen LogP contribution in [0.3, 0.4) is 0 Å². The number of aliphatic imine (C=N–C) groups is 1. The number of likely N-dealkylation sites (tertiary alicyclic amines) is 1. The highest BCUT2D eigenvalue weighted by Gasteiger charge is 2.18. The molecule has 1 saturated heterocycles. The molecule has 1 aromatic rings. The van der Waals surface area contributed by atoms with Gasteiger partial charge in [-0.25, -0.2) is 4.98 Å². The number of rotatable bonds is 3. The van der Waals surface area contributed by atoms with E-state index in [1.807, 2.05) is 13.2 Å². The summed E-state index contributed by atoms with van der Waals surface area (Å²) in [4.78, 5) is 12.4. The molecule has 0 radical (unpaired) electrons. The Balaban J connectivity index is 0.00000200. The Morgan fingerprint density at radius 3 is 2.75 bits per heavy atom. The summed E-state index contributed by atoms with van der Waals surface area (Å²) in [6.07, 6.45) is 5.46. The highest BCUT2D eigenvalue weighted by Crippen LogP contribution is 2.16. The number of nitrogens with zero attached hydrogens (tertiary/aromatic N) is 3. The SMILES string of the molecule is CN=C(NCCc1ncc(C)s1)N1CCC(C)CC1.I. The van der Waals surface area contributed by atoms with Gasteiger partial charge in [-0.1, -0.05) is 6.92 Å². The van der Waals surface area contributed by atoms with Gasteiger partial charge in [0.05, 0.1) is 5.01 Å². The van der Waals surface area contributed by atoms with Gasteiger partial charge in [0.1, 0.15) is 0 Å². The molecule has 0 aliphatic carbocycles. The van der Waals surface area contributed by atoms with Crippen molar-refractivity contribution in [2.45, 2.75) is 33.1 Å². The van der Waals surface area contributed by atoms with Gasteiger partial charge in [-0.15, -0.1) is 35.3 Å². The molecule has 0 spiro atoms. The molecule has 1 aliphatic rings. The second-order valence-corrected chi connectivity index (χ2v) is 6.58. The first-order chi connectivity index (χ1) is 9.19. The van der Waals surface area contributed by atoms with Gasteiger partial charge in [0.25, 0.3) is 0 Å². The molecule has 0 bridgehead atoms. The number of piperidine rings is 1. The molecule has 1 N–H and O–H groups in total. The Morgan fingerprint density at radius 2 is 2.20 bits per heavy atom. The van der Waals surface area contributed by atoms with Crippen LogP contribution in [0.25, 0.3) is 0 Å².